The second-order valence-electron chi connectivity index (χ2n) is 10.5. The molecule has 9 heteroatoms. The van der Waals surface area contributed by atoms with E-state index < -0.39 is 39.4 Å². The van der Waals surface area contributed by atoms with E-state index in [1.54, 1.807) is 58.8 Å². The van der Waals surface area contributed by atoms with Crippen molar-refractivity contribution in [2.45, 2.75) is 48.3 Å². The molecule has 3 fully saturated rings. The minimum atomic E-state index is -0.935. The zero-order valence-electron chi connectivity index (χ0n) is 22.1. The molecule has 0 aliphatic carbocycles. The van der Waals surface area contributed by atoms with Gasteiger partial charge in [0.2, 0.25) is 5.91 Å². The van der Waals surface area contributed by atoms with Crippen molar-refractivity contribution in [3.8, 4) is 0 Å². The summed E-state index contributed by atoms with van der Waals surface area (Å²) in [4.78, 5) is 45.7. The predicted molar refractivity (Wildman–Crippen MR) is 152 cm³/mol. The highest BCUT2D eigenvalue weighted by atomic mass is 35.5. The van der Waals surface area contributed by atoms with Crippen LogP contribution in [0.2, 0.25) is 5.02 Å². The molecule has 2 unspecified atom stereocenters. The van der Waals surface area contributed by atoms with Crippen LogP contribution in [0.15, 0.2) is 67.3 Å². The van der Waals surface area contributed by atoms with Crippen LogP contribution in [0.25, 0.3) is 0 Å². The monoisotopic (exact) mass is 568 g/mol. The maximum atomic E-state index is 14.7. The van der Waals surface area contributed by atoms with E-state index in [0.717, 1.165) is 0 Å². The predicted octanol–water partition coefficient (Wildman–Crippen LogP) is 4.64. The van der Waals surface area contributed by atoms with Crippen LogP contribution in [0.1, 0.15) is 38.3 Å². The van der Waals surface area contributed by atoms with Gasteiger partial charge in [0.25, 0.3) is 5.91 Å². The van der Waals surface area contributed by atoms with E-state index in [1.807, 2.05) is 37.3 Å². The van der Waals surface area contributed by atoms with Crippen molar-refractivity contribution in [3.63, 3.8) is 0 Å². The van der Waals surface area contributed by atoms with E-state index in [-0.39, 0.29) is 31.6 Å². The Kier molecular flexibility index (Phi) is 7.57. The number of aliphatic hydroxyl groups is 1. The molecule has 2 bridgehead atoms. The number of ether oxygens (including phenoxy) is 1. The van der Waals surface area contributed by atoms with Crippen molar-refractivity contribution >= 4 is 46.8 Å². The van der Waals surface area contributed by atoms with Crippen LogP contribution in [0.3, 0.4) is 0 Å². The van der Waals surface area contributed by atoms with Crippen LogP contribution in [-0.4, -0.2) is 63.1 Å². The largest absolute Gasteiger partial charge is 0.466 e. The van der Waals surface area contributed by atoms with Crippen LogP contribution in [0, 0.1) is 11.8 Å². The molecule has 2 aromatic rings. The lowest BCUT2D eigenvalue weighted by molar-refractivity contribution is -0.155. The second-order valence-corrected chi connectivity index (χ2v) is 12.8. The number of para-hydroxylation sites is 1. The highest BCUT2D eigenvalue weighted by Gasteiger charge is 2.78. The minimum Gasteiger partial charge on any atom is -0.466 e. The van der Waals surface area contributed by atoms with Gasteiger partial charge in [0, 0.05) is 11.3 Å². The maximum Gasteiger partial charge on any atom is 0.311 e. The summed E-state index contributed by atoms with van der Waals surface area (Å²) in [6.07, 6.45) is 2.89. The number of fused-ring (bicyclic) bond motifs is 1. The van der Waals surface area contributed by atoms with E-state index in [9.17, 15) is 19.5 Å². The van der Waals surface area contributed by atoms with E-state index in [1.165, 1.54) is 0 Å². The van der Waals surface area contributed by atoms with Gasteiger partial charge in [0.15, 0.2) is 0 Å². The lowest BCUT2D eigenvalue weighted by atomic mass is 9.66. The Balaban J connectivity index is 1.68. The first-order valence-corrected chi connectivity index (χ1v) is 14.4. The number of nitrogens with zero attached hydrogens (tertiary/aromatic N) is 2. The molecular formula is C30H33ClN2O5S. The molecule has 3 aliphatic rings. The molecule has 2 amide bonds. The van der Waals surface area contributed by atoms with Crippen molar-refractivity contribution in [3.05, 3.63) is 77.8 Å². The van der Waals surface area contributed by atoms with E-state index >= 15 is 0 Å². The van der Waals surface area contributed by atoms with Gasteiger partial charge in [-0.1, -0.05) is 60.1 Å². The minimum absolute atomic E-state index is 0.181. The number of hydrogen-bond acceptors (Lipinski definition) is 6. The molecule has 3 aliphatic heterocycles. The number of thioether (sulfide) groups is 1. The van der Waals surface area contributed by atoms with E-state index in [0.29, 0.717) is 29.1 Å². The highest BCUT2D eigenvalue weighted by Crippen LogP contribution is 2.72. The molecule has 2 aromatic carbocycles. The van der Waals surface area contributed by atoms with Gasteiger partial charge in [-0.2, -0.15) is 0 Å². The topological polar surface area (TPSA) is 87.2 Å². The smallest absolute Gasteiger partial charge is 0.311 e. The first kappa shape index (κ1) is 27.7. The molecule has 0 aromatic heterocycles. The fourth-order valence-corrected chi connectivity index (χ4v) is 9.42. The molecule has 3 saturated heterocycles. The van der Waals surface area contributed by atoms with Crippen molar-refractivity contribution < 1.29 is 24.2 Å². The highest BCUT2D eigenvalue weighted by molar-refractivity contribution is 8.02. The molecule has 5 rings (SSSR count). The summed E-state index contributed by atoms with van der Waals surface area (Å²) in [5, 5.41) is 11.0. The Morgan fingerprint density at radius 3 is 2.56 bits per heavy atom. The summed E-state index contributed by atoms with van der Waals surface area (Å²) in [5.41, 5.74) is 1.23. The number of esters is 1. The number of amides is 2. The first-order valence-electron chi connectivity index (χ1n) is 13.3. The zero-order chi connectivity index (χ0) is 27.9. The van der Waals surface area contributed by atoms with Gasteiger partial charge in [-0.25, -0.2) is 0 Å². The first-order chi connectivity index (χ1) is 18.7. The number of anilines is 1. The molecule has 1 spiro atoms. The quantitative estimate of drug-likeness (QED) is 0.350. The lowest BCUT2D eigenvalue weighted by Gasteiger charge is -2.40. The maximum absolute atomic E-state index is 14.7. The summed E-state index contributed by atoms with van der Waals surface area (Å²) in [6, 6.07) is 14.6. The van der Waals surface area contributed by atoms with Crippen LogP contribution in [0.5, 0.6) is 0 Å². The van der Waals surface area contributed by atoms with Crippen LogP contribution >= 0.6 is 23.4 Å². The summed E-state index contributed by atoms with van der Waals surface area (Å²) in [5.74, 6) is -2.46. The Labute approximate surface area is 238 Å². The van der Waals surface area contributed by atoms with Gasteiger partial charge in [0.1, 0.15) is 6.04 Å². The molecule has 0 radical (unpaired) electrons. The molecule has 39 heavy (non-hydrogen) atoms. The van der Waals surface area contributed by atoms with Gasteiger partial charge >= 0.3 is 5.97 Å². The fourth-order valence-electron chi connectivity index (χ4n) is 6.85. The lowest BCUT2D eigenvalue weighted by Crippen LogP contribution is -2.56. The Morgan fingerprint density at radius 1 is 1.23 bits per heavy atom. The third-order valence-electron chi connectivity index (χ3n) is 8.40. The van der Waals surface area contributed by atoms with Crippen molar-refractivity contribution in [1.29, 1.82) is 0 Å². The zero-order valence-corrected chi connectivity index (χ0v) is 23.7. The van der Waals surface area contributed by atoms with Gasteiger partial charge in [-0.05, 0) is 44.4 Å². The molecular weight excluding hydrogens is 536 g/mol. The molecule has 7 nitrogen and oxygen atoms in total. The third-order valence-corrected chi connectivity index (χ3v) is 10.7. The fraction of sp³-hybridized carbons (Fsp3) is 0.433. The van der Waals surface area contributed by atoms with E-state index in [2.05, 4.69) is 6.58 Å². The number of carbonyl (C=O) groups is 3. The van der Waals surface area contributed by atoms with Gasteiger partial charge in [-0.15, -0.1) is 18.3 Å². The van der Waals surface area contributed by atoms with E-state index in [4.69, 9.17) is 16.3 Å². The number of benzene rings is 2. The summed E-state index contributed by atoms with van der Waals surface area (Å²) in [6.45, 7) is 7.62. The number of aliphatic hydroxyl groups excluding tert-OH is 1. The molecule has 3 heterocycles. The molecule has 206 valence electrons. The number of likely N-dealkylation sites (tertiary alicyclic amines) is 1. The number of hydrogen-bond donors (Lipinski definition) is 1. The Morgan fingerprint density at radius 2 is 1.92 bits per heavy atom. The summed E-state index contributed by atoms with van der Waals surface area (Å²) in [7, 11) is 0. The van der Waals surface area contributed by atoms with Crippen molar-refractivity contribution in [2.75, 3.05) is 24.7 Å². The SMILES string of the molecule is C=CCN(C(=O)C1N([C@H](CO)c2ccccc2)C(=O)[C@@H]2[C@@H](C(=O)OCC)[C@@]3(C)CCC12S3)c1ccccc1Cl. The van der Waals surface area contributed by atoms with Gasteiger partial charge in [0.05, 0.1) is 46.5 Å². The van der Waals surface area contributed by atoms with Crippen LogP contribution in [-0.2, 0) is 19.1 Å². The molecule has 6 atom stereocenters. The van der Waals surface area contributed by atoms with Crippen LogP contribution < -0.4 is 4.90 Å². The second kappa shape index (κ2) is 10.6. The van der Waals surface area contributed by atoms with Gasteiger partial charge < -0.3 is 19.6 Å². The normalized spacial score (nSPS) is 29.7. The Bertz CT molecular complexity index is 1290. The average molecular weight is 569 g/mol. The average Bonchev–Trinajstić information content (AvgIpc) is 3.50. The van der Waals surface area contributed by atoms with Gasteiger partial charge in [-0.3, -0.25) is 14.4 Å². The third kappa shape index (κ3) is 4.28. The van der Waals surface area contributed by atoms with Crippen molar-refractivity contribution in [2.24, 2.45) is 11.8 Å². The molecule has 0 saturated carbocycles. The summed E-state index contributed by atoms with van der Waals surface area (Å²) < 4.78 is 4.08. The van der Waals surface area contributed by atoms with Crippen LogP contribution in [0.4, 0.5) is 5.69 Å². The Hall–Kier alpha value is -2.81. The van der Waals surface area contributed by atoms with Crippen molar-refractivity contribution in [1.82, 2.24) is 4.90 Å². The number of halogens is 1. The number of rotatable bonds is 9. The number of carbonyl (C=O) groups excluding carboxylic acids is 3. The summed E-state index contributed by atoms with van der Waals surface area (Å²) >= 11 is 8.12. The standard InChI is InChI=1S/C30H33ClN2O5S/c1-4-17-32(21-14-10-9-13-20(21)31)27(36)25-30-16-15-29(3,39-30)24(28(37)38-5-2)23(30)26(35)33(25)22(18-34)19-11-7-6-8-12-19/h4,6-14,22-25,34H,1,5,15-18H2,2-3H3/t22-,23+,24+,25?,29-,30?/m1/s1. The molecule has 1 N–H and O–H groups in total.